The van der Waals surface area contributed by atoms with Gasteiger partial charge < -0.3 is 19.9 Å². The van der Waals surface area contributed by atoms with E-state index >= 15 is 0 Å². The van der Waals surface area contributed by atoms with Crippen molar-refractivity contribution in [3.63, 3.8) is 0 Å². The lowest BCUT2D eigenvalue weighted by Gasteiger charge is -2.25. The topological polar surface area (TPSA) is 67.8 Å². The van der Waals surface area contributed by atoms with Crippen molar-refractivity contribution in [2.75, 3.05) is 26.9 Å². The monoisotopic (exact) mass is 251 g/mol. The van der Waals surface area contributed by atoms with E-state index < -0.39 is 6.61 Å². The van der Waals surface area contributed by atoms with Crippen molar-refractivity contribution in [1.82, 2.24) is 5.32 Å². The number of methoxy groups -OCH3 is 1. The van der Waals surface area contributed by atoms with Crippen LogP contribution in [0.25, 0.3) is 0 Å². The Bertz CT molecular complexity index is 433. The molecule has 0 aromatic heterocycles. The summed E-state index contributed by atoms with van der Waals surface area (Å²) in [5.41, 5.74) is 1.12. The predicted octanol–water partition coefficient (Wildman–Crippen LogP) is 0.355. The summed E-state index contributed by atoms with van der Waals surface area (Å²) in [7, 11) is 1.62. The zero-order valence-electron chi connectivity index (χ0n) is 10.3. The van der Waals surface area contributed by atoms with Crippen LogP contribution in [0.5, 0.6) is 11.5 Å². The highest BCUT2D eigenvalue weighted by Crippen LogP contribution is 2.30. The van der Waals surface area contributed by atoms with Gasteiger partial charge in [-0.3, -0.25) is 4.79 Å². The van der Waals surface area contributed by atoms with E-state index in [1.807, 2.05) is 18.2 Å². The Morgan fingerprint density at radius 2 is 2.44 bits per heavy atom. The number of rotatable bonds is 4. The van der Waals surface area contributed by atoms with E-state index in [4.69, 9.17) is 14.6 Å². The van der Waals surface area contributed by atoms with Crippen LogP contribution in [0.2, 0.25) is 0 Å². The zero-order valence-corrected chi connectivity index (χ0v) is 10.3. The molecule has 1 aromatic rings. The maximum absolute atomic E-state index is 11.0. The molecule has 1 aliphatic heterocycles. The molecule has 0 aliphatic carbocycles. The average Bonchev–Trinajstić information content (AvgIpc) is 2.43. The SMILES string of the molecule is COc1ccc2c(c1)OC[C@@H](CNC(=O)CO)C2. The quantitative estimate of drug-likeness (QED) is 0.810. The minimum absolute atomic E-state index is 0.237. The number of carbonyl (C=O) groups is 1. The van der Waals surface area contributed by atoms with Gasteiger partial charge in [0.15, 0.2) is 0 Å². The lowest BCUT2D eigenvalue weighted by molar-refractivity contribution is -0.124. The number of aliphatic hydroxyl groups is 1. The molecule has 0 spiro atoms. The highest BCUT2D eigenvalue weighted by Gasteiger charge is 2.20. The number of hydrogen-bond donors (Lipinski definition) is 2. The number of benzene rings is 1. The summed E-state index contributed by atoms with van der Waals surface area (Å²) in [5.74, 6) is 1.51. The summed E-state index contributed by atoms with van der Waals surface area (Å²) in [6.45, 7) is 0.609. The highest BCUT2D eigenvalue weighted by molar-refractivity contribution is 5.76. The predicted molar refractivity (Wildman–Crippen MR) is 65.8 cm³/mol. The van der Waals surface area contributed by atoms with Crippen molar-refractivity contribution in [1.29, 1.82) is 0 Å². The van der Waals surface area contributed by atoms with Gasteiger partial charge in [-0.1, -0.05) is 6.07 Å². The minimum Gasteiger partial charge on any atom is -0.497 e. The van der Waals surface area contributed by atoms with Crippen LogP contribution in [-0.4, -0.2) is 37.9 Å². The van der Waals surface area contributed by atoms with Gasteiger partial charge in [0.05, 0.1) is 13.7 Å². The van der Waals surface area contributed by atoms with Gasteiger partial charge >= 0.3 is 0 Å². The van der Waals surface area contributed by atoms with Gasteiger partial charge in [0.1, 0.15) is 18.1 Å². The van der Waals surface area contributed by atoms with E-state index in [9.17, 15) is 4.79 Å². The van der Waals surface area contributed by atoms with Gasteiger partial charge in [-0.05, 0) is 18.1 Å². The molecule has 0 radical (unpaired) electrons. The first-order valence-electron chi connectivity index (χ1n) is 5.90. The molecule has 0 saturated carbocycles. The van der Waals surface area contributed by atoms with Gasteiger partial charge in [-0.25, -0.2) is 0 Å². The average molecular weight is 251 g/mol. The Balaban J connectivity index is 1.95. The molecule has 0 saturated heterocycles. The van der Waals surface area contributed by atoms with Crippen molar-refractivity contribution in [2.45, 2.75) is 6.42 Å². The van der Waals surface area contributed by atoms with Crippen LogP contribution < -0.4 is 14.8 Å². The lowest BCUT2D eigenvalue weighted by atomic mass is 9.96. The van der Waals surface area contributed by atoms with Gasteiger partial charge in [0.2, 0.25) is 5.91 Å². The number of carbonyl (C=O) groups excluding carboxylic acids is 1. The molecule has 1 heterocycles. The Kier molecular flexibility index (Phi) is 4.04. The summed E-state index contributed by atoms with van der Waals surface area (Å²) in [4.78, 5) is 11.0. The Morgan fingerprint density at radius 3 is 3.17 bits per heavy atom. The Hall–Kier alpha value is -1.75. The van der Waals surface area contributed by atoms with Crippen LogP contribution in [0.4, 0.5) is 0 Å². The maximum atomic E-state index is 11.0. The first kappa shape index (κ1) is 12.7. The standard InChI is InChI=1S/C13H17NO4/c1-17-11-3-2-10-4-9(6-14-13(16)7-15)8-18-12(10)5-11/h2-3,5,9,15H,4,6-8H2,1H3,(H,14,16)/t9-/m1/s1. The normalized spacial score (nSPS) is 17.6. The lowest BCUT2D eigenvalue weighted by Crippen LogP contribution is -2.36. The molecule has 1 amide bonds. The third kappa shape index (κ3) is 2.92. The zero-order chi connectivity index (χ0) is 13.0. The number of fused-ring (bicyclic) bond motifs is 1. The number of nitrogens with one attached hydrogen (secondary N) is 1. The first-order valence-corrected chi connectivity index (χ1v) is 5.90. The molecular formula is C13H17NO4. The maximum Gasteiger partial charge on any atom is 0.245 e. The van der Waals surface area contributed by atoms with E-state index in [0.29, 0.717) is 13.2 Å². The number of hydrogen-bond acceptors (Lipinski definition) is 4. The largest absolute Gasteiger partial charge is 0.497 e. The number of amides is 1. The van der Waals surface area contributed by atoms with Crippen LogP contribution in [0.3, 0.4) is 0 Å². The molecule has 1 atom stereocenters. The number of aliphatic hydroxyl groups excluding tert-OH is 1. The molecule has 5 nitrogen and oxygen atoms in total. The summed E-state index contributed by atoms with van der Waals surface area (Å²) < 4.78 is 10.8. The molecule has 0 fully saturated rings. The fourth-order valence-corrected chi connectivity index (χ4v) is 1.99. The Labute approximate surface area is 106 Å². The van der Waals surface area contributed by atoms with Crippen LogP contribution in [0, 0.1) is 5.92 Å². The smallest absolute Gasteiger partial charge is 0.245 e. The second-order valence-corrected chi connectivity index (χ2v) is 4.32. The molecule has 0 bridgehead atoms. The van der Waals surface area contributed by atoms with Crippen molar-refractivity contribution in [3.8, 4) is 11.5 Å². The van der Waals surface area contributed by atoms with E-state index in [2.05, 4.69) is 5.32 Å². The van der Waals surface area contributed by atoms with E-state index in [1.165, 1.54) is 0 Å². The van der Waals surface area contributed by atoms with Gasteiger partial charge in [-0.2, -0.15) is 0 Å². The summed E-state index contributed by atoms with van der Waals surface area (Å²) in [5, 5.41) is 11.3. The van der Waals surface area contributed by atoms with Crippen LogP contribution in [0.15, 0.2) is 18.2 Å². The summed E-state index contributed by atoms with van der Waals surface area (Å²) in [6, 6.07) is 5.75. The minimum atomic E-state index is -0.471. The third-order valence-electron chi connectivity index (χ3n) is 2.99. The Morgan fingerprint density at radius 1 is 1.61 bits per heavy atom. The van der Waals surface area contributed by atoms with Crippen molar-refractivity contribution < 1.29 is 19.4 Å². The van der Waals surface area contributed by atoms with E-state index in [-0.39, 0.29) is 11.8 Å². The highest BCUT2D eigenvalue weighted by atomic mass is 16.5. The molecule has 18 heavy (non-hydrogen) atoms. The van der Waals surface area contributed by atoms with Crippen LogP contribution >= 0.6 is 0 Å². The van der Waals surface area contributed by atoms with Gasteiger partial charge in [0, 0.05) is 18.5 Å². The van der Waals surface area contributed by atoms with Crippen LogP contribution in [-0.2, 0) is 11.2 Å². The van der Waals surface area contributed by atoms with E-state index in [0.717, 1.165) is 23.5 Å². The second-order valence-electron chi connectivity index (χ2n) is 4.32. The second kappa shape index (κ2) is 5.73. The van der Waals surface area contributed by atoms with Crippen LogP contribution in [0.1, 0.15) is 5.56 Å². The van der Waals surface area contributed by atoms with Crippen molar-refractivity contribution in [3.05, 3.63) is 23.8 Å². The molecule has 1 aromatic carbocycles. The fraction of sp³-hybridized carbons (Fsp3) is 0.462. The number of ether oxygens (including phenoxy) is 2. The molecule has 5 heteroatoms. The molecule has 0 unspecified atom stereocenters. The van der Waals surface area contributed by atoms with Crippen molar-refractivity contribution in [2.24, 2.45) is 5.92 Å². The summed E-state index contributed by atoms with van der Waals surface area (Å²) >= 11 is 0. The van der Waals surface area contributed by atoms with Gasteiger partial charge in [-0.15, -0.1) is 0 Å². The summed E-state index contributed by atoms with van der Waals surface area (Å²) in [6.07, 6.45) is 0.852. The van der Waals surface area contributed by atoms with Crippen molar-refractivity contribution >= 4 is 5.91 Å². The molecule has 2 N–H and O–H groups in total. The van der Waals surface area contributed by atoms with E-state index in [1.54, 1.807) is 7.11 Å². The molecule has 98 valence electrons. The first-order chi connectivity index (χ1) is 8.72. The van der Waals surface area contributed by atoms with Gasteiger partial charge in [0.25, 0.3) is 0 Å². The fourth-order valence-electron chi connectivity index (χ4n) is 1.99. The third-order valence-corrected chi connectivity index (χ3v) is 2.99. The molecule has 2 rings (SSSR count). The molecule has 1 aliphatic rings. The molecular weight excluding hydrogens is 234 g/mol.